The molecular weight excluding hydrogens is 220 g/mol. The Hall–Kier alpha value is -1.52. The van der Waals surface area contributed by atoms with Crippen LogP contribution in [0.5, 0.6) is 0 Å². The summed E-state index contributed by atoms with van der Waals surface area (Å²) in [5.74, 6) is -1.02. The van der Waals surface area contributed by atoms with Crippen LogP contribution in [0.3, 0.4) is 0 Å². The average molecular weight is 242 g/mol. The molecule has 0 saturated heterocycles. The van der Waals surface area contributed by atoms with Crippen molar-refractivity contribution in [3.63, 3.8) is 0 Å². The van der Waals surface area contributed by atoms with Crippen molar-refractivity contribution in [1.82, 2.24) is 10.2 Å². The van der Waals surface area contributed by atoms with Crippen molar-refractivity contribution in [2.45, 2.75) is 45.7 Å². The van der Waals surface area contributed by atoms with Gasteiger partial charge in [-0.3, -0.25) is 0 Å². The first-order chi connectivity index (χ1) is 7.73. The van der Waals surface area contributed by atoms with E-state index in [1.165, 1.54) is 0 Å². The number of carbonyl (C=O) groups is 2. The van der Waals surface area contributed by atoms with E-state index in [2.05, 4.69) is 11.9 Å². The topological polar surface area (TPSA) is 69.6 Å². The predicted molar refractivity (Wildman–Crippen MR) is 66.9 cm³/mol. The zero-order valence-corrected chi connectivity index (χ0v) is 11.0. The summed E-state index contributed by atoms with van der Waals surface area (Å²) in [4.78, 5) is 24.3. The Morgan fingerprint density at radius 1 is 1.47 bits per heavy atom. The van der Waals surface area contributed by atoms with E-state index in [4.69, 9.17) is 5.11 Å². The van der Waals surface area contributed by atoms with E-state index < -0.39 is 12.0 Å². The van der Waals surface area contributed by atoms with Gasteiger partial charge >= 0.3 is 12.0 Å². The van der Waals surface area contributed by atoms with Gasteiger partial charge in [-0.25, -0.2) is 9.59 Å². The highest BCUT2D eigenvalue weighted by Crippen LogP contribution is 2.13. The molecule has 0 aliphatic carbocycles. The summed E-state index contributed by atoms with van der Waals surface area (Å²) >= 11 is 0. The molecule has 0 heterocycles. The molecular formula is C12H22N2O3. The number of urea groups is 1. The lowest BCUT2D eigenvalue weighted by Crippen LogP contribution is -2.54. The van der Waals surface area contributed by atoms with Crippen molar-refractivity contribution in [3.8, 4) is 0 Å². The van der Waals surface area contributed by atoms with Gasteiger partial charge in [0, 0.05) is 12.1 Å². The van der Waals surface area contributed by atoms with E-state index in [9.17, 15) is 9.59 Å². The maximum Gasteiger partial charge on any atom is 0.326 e. The molecule has 1 atom stereocenters. The summed E-state index contributed by atoms with van der Waals surface area (Å²) in [5, 5.41) is 11.4. The second-order valence-corrected chi connectivity index (χ2v) is 4.82. The van der Waals surface area contributed by atoms with Gasteiger partial charge in [-0.2, -0.15) is 0 Å². The Morgan fingerprint density at radius 3 is 2.29 bits per heavy atom. The minimum atomic E-state index is -1.02. The molecule has 0 saturated carbocycles. The number of rotatable bonds is 5. The van der Waals surface area contributed by atoms with Gasteiger partial charge in [-0.05, 0) is 27.2 Å². The Bertz CT molecular complexity index is 295. The molecule has 2 amide bonds. The third-order valence-corrected chi connectivity index (χ3v) is 2.37. The maximum absolute atomic E-state index is 12.0. The van der Waals surface area contributed by atoms with Crippen LogP contribution in [0.25, 0.3) is 0 Å². The second-order valence-electron chi connectivity index (χ2n) is 4.82. The summed E-state index contributed by atoms with van der Waals surface area (Å²) < 4.78 is 0. The van der Waals surface area contributed by atoms with E-state index in [0.29, 0.717) is 13.0 Å². The third-order valence-electron chi connectivity index (χ3n) is 2.37. The van der Waals surface area contributed by atoms with Crippen molar-refractivity contribution in [1.29, 1.82) is 0 Å². The van der Waals surface area contributed by atoms with Crippen LogP contribution in [-0.4, -0.2) is 40.1 Å². The van der Waals surface area contributed by atoms with Crippen molar-refractivity contribution in [3.05, 3.63) is 12.7 Å². The molecule has 0 aromatic rings. The first kappa shape index (κ1) is 15.5. The van der Waals surface area contributed by atoms with Gasteiger partial charge in [0.15, 0.2) is 0 Å². The molecule has 0 radical (unpaired) electrons. The molecule has 0 aromatic carbocycles. The normalized spacial score (nSPS) is 12.7. The Morgan fingerprint density at radius 2 is 2.00 bits per heavy atom. The molecule has 98 valence electrons. The lowest BCUT2D eigenvalue weighted by Gasteiger charge is -2.35. The molecule has 0 aliphatic heterocycles. The number of amides is 2. The van der Waals surface area contributed by atoms with Crippen LogP contribution in [0.15, 0.2) is 12.7 Å². The standard InChI is InChI=1S/C12H22N2O3/c1-6-8-14(12(3,4)5)11(17)13-9(7-2)10(15)16/h6,9H,1,7-8H2,2-5H3,(H,13,17)(H,15,16)/t9-/m0/s1. The van der Waals surface area contributed by atoms with Gasteiger partial charge in [-0.15, -0.1) is 6.58 Å². The van der Waals surface area contributed by atoms with E-state index in [1.54, 1.807) is 17.9 Å². The van der Waals surface area contributed by atoms with Crippen LogP contribution in [0.2, 0.25) is 0 Å². The van der Waals surface area contributed by atoms with E-state index in [0.717, 1.165) is 0 Å². The molecule has 0 rings (SSSR count). The third kappa shape index (κ3) is 4.89. The molecule has 0 aromatic heterocycles. The number of aliphatic carboxylic acids is 1. The van der Waals surface area contributed by atoms with Crippen molar-refractivity contribution >= 4 is 12.0 Å². The largest absolute Gasteiger partial charge is 0.480 e. The highest BCUT2D eigenvalue weighted by molar-refractivity contribution is 5.82. The van der Waals surface area contributed by atoms with Gasteiger partial charge in [0.2, 0.25) is 0 Å². The number of carbonyl (C=O) groups excluding carboxylic acids is 1. The quantitative estimate of drug-likeness (QED) is 0.723. The Balaban J connectivity index is 4.74. The van der Waals surface area contributed by atoms with Crippen molar-refractivity contribution < 1.29 is 14.7 Å². The second kappa shape index (κ2) is 6.27. The minimum Gasteiger partial charge on any atom is -0.480 e. The minimum absolute atomic E-state index is 0.354. The fraction of sp³-hybridized carbons (Fsp3) is 0.667. The zero-order chi connectivity index (χ0) is 13.6. The fourth-order valence-electron chi connectivity index (χ4n) is 1.36. The zero-order valence-electron chi connectivity index (χ0n) is 11.0. The van der Waals surface area contributed by atoms with E-state index in [-0.39, 0.29) is 11.6 Å². The lowest BCUT2D eigenvalue weighted by atomic mass is 10.1. The van der Waals surface area contributed by atoms with Gasteiger partial charge in [0.05, 0.1) is 0 Å². The highest BCUT2D eigenvalue weighted by atomic mass is 16.4. The summed E-state index contributed by atoms with van der Waals surface area (Å²) in [6.07, 6.45) is 1.97. The van der Waals surface area contributed by atoms with Crippen LogP contribution in [-0.2, 0) is 4.79 Å². The molecule has 5 nitrogen and oxygen atoms in total. The maximum atomic E-state index is 12.0. The van der Waals surface area contributed by atoms with Crippen LogP contribution in [0.1, 0.15) is 34.1 Å². The SMILES string of the molecule is C=CCN(C(=O)N[C@@H](CC)C(=O)O)C(C)(C)C. The number of carboxylic acid groups (broad SMARTS) is 1. The average Bonchev–Trinajstić information content (AvgIpc) is 2.19. The molecule has 0 spiro atoms. The van der Waals surface area contributed by atoms with Gasteiger partial charge in [0.1, 0.15) is 6.04 Å². The fourth-order valence-corrected chi connectivity index (χ4v) is 1.36. The Labute approximate surface area is 102 Å². The first-order valence-corrected chi connectivity index (χ1v) is 5.65. The first-order valence-electron chi connectivity index (χ1n) is 5.65. The summed E-state index contributed by atoms with van der Waals surface area (Å²) in [6.45, 7) is 11.3. The number of hydrogen-bond donors (Lipinski definition) is 2. The Kier molecular flexibility index (Phi) is 5.71. The number of nitrogens with zero attached hydrogens (tertiary/aromatic N) is 1. The van der Waals surface area contributed by atoms with Crippen LogP contribution in [0.4, 0.5) is 4.79 Å². The van der Waals surface area contributed by atoms with Crippen LogP contribution < -0.4 is 5.32 Å². The molecule has 0 unspecified atom stereocenters. The van der Waals surface area contributed by atoms with Gasteiger partial charge in [-0.1, -0.05) is 13.0 Å². The molecule has 2 N–H and O–H groups in total. The summed E-state index contributed by atoms with van der Waals surface area (Å²) in [7, 11) is 0. The van der Waals surface area contributed by atoms with Crippen molar-refractivity contribution in [2.75, 3.05) is 6.54 Å². The summed E-state index contributed by atoms with van der Waals surface area (Å²) in [5.41, 5.74) is -0.380. The van der Waals surface area contributed by atoms with Crippen molar-refractivity contribution in [2.24, 2.45) is 0 Å². The highest BCUT2D eigenvalue weighted by Gasteiger charge is 2.28. The summed E-state index contributed by atoms with van der Waals surface area (Å²) in [6, 6.07) is -1.23. The molecule has 0 aliphatic rings. The lowest BCUT2D eigenvalue weighted by molar-refractivity contribution is -0.139. The predicted octanol–water partition coefficient (Wildman–Crippen LogP) is 1.85. The number of hydrogen-bond acceptors (Lipinski definition) is 2. The number of nitrogens with one attached hydrogen (secondary N) is 1. The van der Waals surface area contributed by atoms with Gasteiger partial charge < -0.3 is 15.3 Å². The van der Waals surface area contributed by atoms with E-state index >= 15 is 0 Å². The molecule has 0 fully saturated rings. The van der Waals surface area contributed by atoms with Gasteiger partial charge in [0.25, 0.3) is 0 Å². The van der Waals surface area contributed by atoms with Crippen LogP contribution in [0, 0.1) is 0 Å². The van der Waals surface area contributed by atoms with E-state index in [1.807, 2.05) is 20.8 Å². The molecule has 17 heavy (non-hydrogen) atoms. The van der Waals surface area contributed by atoms with Crippen LogP contribution >= 0.6 is 0 Å². The smallest absolute Gasteiger partial charge is 0.326 e. The monoisotopic (exact) mass is 242 g/mol. The number of carboxylic acids is 1. The molecule has 0 bridgehead atoms. The molecule has 5 heteroatoms.